The molecule has 0 atom stereocenters. The van der Waals surface area contributed by atoms with E-state index in [2.05, 4.69) is 10.4 Å². The molecule has 2 heterocycles. The highest BCUT2D eigenvalue weighted by molar-refractivity contribution is 5.95. The van der Waals surface area contributed by atoms with Gasteiger partial charge in [-0.25, -0.2) is 0 Å². The molecule has 6 heteroatoms. The minimum atomic E-state index is -0.130. The van der Waals surface area contributed by atoms with Gasteiger partial charge in [0.15, 0.2) is 0 Å². The molecule has 0 aliphatic carbocycles. The van der Waals surface area contributed by atoms with Crippen LogP contribution >= 0.6 is 0 Å². The van der Waals surface area contributed by atoms with E-state index in [1.807, 2.05) is 19.2 Å². The van der Waals surface area contributed by atoms with E-state index in [0.29, 0.717) is 37.6 Å². The molecule has 1 N–H and O–H groups in total. The number of hydrogen-bond donors (Lipinski definition) is 1. The van der Waals surface area contributed by atoms with Crippen LogP contribution < -0.4 is 5.32 Å². The predicted molar refractivity (Wildman–Crippen MR) is 73.6 cm³/mol. The zero-order valence-corrected chi connectivity index (χ0v) is 11.8. The van der Waals surface area contributed by atoms with Crippen LogP contribution in [0.4, 0.5) is 0 Å². The molecule has 0 unspecified atom stereocenters. The molecule has 0 saturated heterocycles. The summed E-state index contributed by atoms with van der Waals surface area (Å²) in [6, 6.07) is 3.61. The largest absolute Gasteiger partial charge is 0.466 e. The molecule has 2 aromatic heterocycles. The third kappa shape index (κ3) is 3.96. The highest BCUT2D eigenvalue weighted by Gasteiger charge is 2.12. The van der Waals surface area contributed by atoms with E-state index >= 15 is 0 Å². The van der Waals surface area contributed by atoms with E-state index in [9.17, 15) is 4.79 Å². The lowest BCUT2D eigenvalue weighted by molar-refractivity contribution is 0.0904. The Morgan fingerprint density at radius 1 is 1.45 bits per heavy atom. The molecular weight excluding hydrogens is 258 g/mol. The lowest BCUT2D eigenvalue weighted by atomic mass is 10.2. The molecule has 0 fully saturated rings. The van der Waals surface area contributed by atoms with E-state index in [4.69, 9.17) is 9.15 Å². The zero-order chi connectivity index (χ0) is 14.4. The van der Waals surface area contributed by atoms with Crippen LogP contribution in [-0.4, -0.2) is 35.4 Å². The zero-order valence-electron chi connectivity index (χ0n) is 11.8. The Labute approximate surface area is 117 Å². The quantitative estimate of drug-likeness (QED) is 0.779. The minimum Gasteiger partial charge on any atom is -0.466 e. The van der Waals surface area contributed by atoms with Crippen LogP contribution in [0.2, 0.25) is 0 Å². The van der Waals surface area contributed by atoms with E-state index < -0.39 is 0 Å². The van der Waals surface area contributed by atoms with Crippen LogP contribution in [0, 0.1) is 13.8 Å². The number of rotatable bonds is 7. The number of aromatic nitrogens is 2. The first kappa shape index (κ1) is 14.3. The van der Waals surface area contributed by atoms with Gasteiger partial charge in [0.2, 0.25) is 0 Å². The molecule has 1 amide bonds. The van der Waals surface area contributed by atoms with Gasteiger partial charge in [-0.1, -0.05) is 0 Å². The third-order valence-corrected chi connectivity index (χ3v) is 2.84. The number of carbonyl (C=O) groups excluding carboxylic acids is 1. The van der Waals surface area contributed by atoms with Gasteiger partial charge in [0.25, 0.3) is 5.91 Å². The standard InChI is InChI=1S/C14H19N3O3/c1-11-10-13(12(2)20-11)14(18)15-5-8-19-9-7-17-6-3-4-16-17/h3-4,6,10H,5,7-9H2,1-2H3,(H,15,18). The number of aryl methyl sites for hydroxylation is 2. The first-order chi connectivity index (χ1) is 9.66. The van der Waals surface area contributed by atoms with Gasteiger partial charge in [0.1, 0.15) is 11.5 Å². The van der Waals surface area contributed by atoms with Crippen LogP contribution in [-0.2, 0) is 11.3 Å². The second-order valence-corrected chi connectivity index (χ2v) is 4.46. The van der Waals surface area contributed by atoms with Gasteiger partial charge in [-0.05, 0) is 26.0 Å². The van der Waals surface area contributed by atoms with Gasteiger partial charge in [0, 0.05) is 18.9 Å². The predicted octanol–water partition coefficient (Wildman–Crippen LogP) is 1.54. The summed E-state index contributed by atoms with van der Waals surface area (Å²) in [6.45, 7) is 5.83. The van der Waals surface area contributed by atoms with Crippen LogP contribution in [0.25, 0.3) is 0 Å². The Morgan fingerprint density at radius 2 is 2.30 bits per heavy atom. The normalized spacial score (nSPS) is 10.7. The molecule has 0 aromatic carbocycles. The maximum atomic E-state index is 11.9. The number of furan rings is 1. The van der Waals surface area contributed by atoms with E-state index in [0.717, 1.165) is 5.76 Å². The van der Waals surface area contributed by atoms with Crippen molar-refractivity contribution in [3.63, 3.8) is 0 Å². The number of nitrogens with zero attached hydrogens (tertiary/aromatic N) is 2. The van der Waals surface area contributed by atoms with Gasteiger partial charge in [0.05, 0.1) is 25.3 Å². The Morgan fingerprint density at radius 3 is 2.95 bits per heavy atom. The summed E-state index contributed by atoms with van der Waals surface area (Å²) in [5.41, 5.74) is 0.582. The summed E-state index contributed by atoms with van der Waals surface area (Å²) in [7, 11) is 0. The molecule has 108 valence electrons. The number of ether oxygens (including phenoxy) is 1. The first-order valence-electron chi connectivity index (χ1n) is 6.57. The van der Waals surface area contributed by atoms with Crippen molar-refractivity contribution >= 4 is 5.91 Å². The van der Waals surface area contributed by atoms with E-state index in [1.165, 1.54) is 0 Å². The van der Waals surface area contributed by atoms with Crippen LogP contribution in [0.3, 0.4) is 0 Å². The van der Waals surface area contributed by atoms with Crippen molar-refractivity contribution in [3.8, 4) is 0 Å². The van der Waals surface area contributed by atoms with Crippen molar-refractivity contribution in [1.82, 2.24) is 15.1 Å². The van der Waals surface area contributed by atoms with Crippen molar-refractivity contribution < 1.29 is 13.9 Å². The highest BCUT2D eigenvalue weighted by atomic mass is 16.5. The molecule has 20 heavy (non-hydrogen) atoms. The molecule has 0 radical (unpaired) electrons. The Balaban J connectivity index is 1.61. The van der Waals surface area contributed by atoms with Crippen LogP contribution in [0.15, 0.2) is 28.9 Å². The SMILES string of the molecule is Cc1cc(C(=O)NCCOCCn2cccn2)c(C)o1. The molecule has 6 nitrogen and oxygen atoms in total. The fraction of sp³-hybridized carbons (Fsp3) is 0.429. The maximum Gasteiger partial charge on any atom is 0.254 e. The Bertz CT molecular complexity index is 546. The van der Waals surface area contributed by atoms with Gasteiger partial charge in [-0.2, -0.15) is 5.10 Å². The summed E-state index contributed by atoms with van der Waals surface area (Å²) < 4.78 is 12.6. The summed E-state index contributed by atoms with van der Waals surface area (Å²) in [4.78, 5) is 11.9. The summed E-state index contributed by atoms with van der Waals surface area (Å²) in [5.74, 6) is 1.25. The fourth-order valence-electron chi connectivity index (χ4n) is 1.88. The second kappa shape index (κ2) is 6.91. The number of hydrogen-bond acceptors (Lipinski definition) is 4. The van der Waals surface area contributed by atoms with E-state index in [1.54, 1.807) is 23.9 Å². The molecule has 0 spiro atoms. The summed E-state index contributed by atoms with van der Waals surface area (Å²) in [5, 5.41) is 6.87. The van der Waals surface area contributed by atoms with Crippen LogP contribution in [0.5, 0.6) is 0 Å². The molecular formula is C14H19N3O3. The molecule has 0 aliphatic rings. The van der Waals surface area contributed by atoms with Gasteiger partial charge in [-0.15, -0.1) is 0 Å². The minimum absolute atomic E-state index is 0.130. The van der Waals surface area contributed by atoms with Crippen LogP contribution in [0.1, 0.15) is 21.9 Å². The Kier molecular flexibility index (Phi) is 4.95. The number of carbonyl (C=O) groups is 1. The van der Waals surface area contributed by atoms with Gasteiger partial charge in [-0.3, -0.25) is 9.48 Å². The summed E-state index contributed by atoms with van der Waals surface area (Å²) >= 11 is 0. The number of amides is 1. The summed E-state index contributed by atoms with van der Waals surface area (Å²) in [6.07, 6.45) is 3.62. The Hall–Kier alpha value is -2.08. The topological polar surface area (TPSA) is 69.3 Å². The van der Waals surface area contributed by atoms with Crippen molar-refractivity contribution in [2.24, 2.45) is 0 Å². The average Bonchev–Trinajstić information content (AvgIpc) is 3.03. The number of nitrogens with one attached hydrogen (secondary N) is 1. The van der Waals surface area contributed by atoms with Crippen molar-refractivity contribution in [2.75, 3.05) is 19.8 Å². The van der Waals surface area contributed by atoms with Crippen molar-refractivity contribution in [1.29, 1.82) is 0 Å². The lowest BCUT2D eigenvalue weighted by Crippen LogP contribution is -2.27. The third-order valence-electron chi connectivity index (χ3n) is 2.84. The van der Waals surface area contributed by atoms with Crippen molar-refractivity contribution in [2.45, 2.75) is 20.4 Å². The van der Waals surface area contributed by atoms with Gasteiger partial charge >= 0.3 is 0 Å². The second-order valence-electron chi connectivity index (χ2n) is 4.46. The highest BCUT2D eigenvalue weighted by Crippen LogP contribution is 2.12. The smallest absolute Gasteiger partial charge is 0.254 e. The molecule has 0 saturated carbocycles. The van der Waals surface area contributed by atoms with Crippen molar-refractivity contribution in [3.05, 3.63) is 41.6 Å². The first-order valence-corrected chi connectivity index (χ1v) is 6.57. The van der Waals surface area contributed by atoms with E-state index in [-0.39, 0.29) is 5.91 Å². The molecule has 2 rings (SSSR count). The monoisotopic (exact) mass is 277 g/mol. The molecule has 0 bridgehead atoms. The van der Waals surface area contributed by atoms with Gasteiger partial charge < -0.3 is 14.5 Å². The molecule has 2 aromatic rings. The lowest BCUT2D eigenvalue weighted by Gasteiger charge is -2.06. The average molecular weight is 277 g/mol. The fourth-order valence-corrected chi connectivity index (χ4v) is 1.88. The molecule has 0 aliphatic heterocycles. The maximum absolute atomic E-state index is 11.9.